The van der Waals surface area contributed by atoms with Crippen LogP contribution in [0.2, 0.25) is 0 Å². The van der Waals surface area contributed by atoms with Gasteiger partial charge in [0.15, 0.2) is 0 Å². The van der Waals surface area contributed by atoms with Crippen molar-refractivity contribution in [2.75, 3.05) is 6.54 Å². The quantitative estimate of drug-likeness (QED) is 0.902. The molecule has 0 fully saturated rings. The SMILES string of the molecule is CCCNC(C)c1c(F)cccc1-n1nc(C)cc1C. The number of rotatable bonds is 5. The van der Waals surface area contributed by atoms with Gasteiger partial charge < -0.3 is 5.32 Å². The third kappa shape index (κ3) is 2.90. The van der Waals surface area contributed by atoms with Gasteiger partial charge in [0.05, 0.1) is 11.4 Å². The first-order chi connectivity index (χ1) is 9.54. The lowest BCUT2D eigenvalue weighted by Crippen LogP contribution is -2.22. The van der Waals surface area contributed by atoms with Crippen molar-refractivity contribution >= 4 is 0 Å². The molecule has 0 saturated heterocycles. The van der Waals surface area contributed by atoms with Crippen molar-refractivity contribution < 1.29 is 4.39 Å². The van der Waals surface area contributed by atoms with Crippen molar-refractivity contribution in [3.8, 4) is 5.69 Å². The summed E-state index contributed by atoms with van der Waals surface area (Å²) in [6, 6.07) is 7.11. The lowest BCUT2D eigenvalue weighted by atomic mass is 10.0. The van der Waals surface area contributed by atoms with Crippen LogP contribution >= 0.6 is 0 Å². The second-order valence-electron chi connectivity index (χ2n) is 5.19. The minimum absolute atomic E-state index is 0.0462. The van der Waals surface area contributed by atoms with E-state index in [4.69, 9.17) is 0 Å². The molecule has 0 aliphatic carbocycles. The van der Waals surface area contributed by atoms with E-state index in [-0.39, 0.29) is 11.9 Å². The van der Waals surface area contributed by atoms with E-state index < -0.39 is 0 Å². The van der Waals surface area contributed by atoms with Crippen LogP contribution in [0.5, 0.6) is 0 Å². The fourth-order valence-corrected chi connectivity index (χ4v) is 2.47. The van der Waals surface area contributed by atoms with Crippen LogP contribution in [0.25, 0.3) is 5.69 Å². The highest BCUT2D eigenvalue weighted by atomic mass is 19.1. The van der Waals surface area contributed by atoms with E-state index in [1.165, 1.54) is 6.07 Å². The molecule has 1 aromatic heterocycles. The topological polar surface area (TPSA) is 29.9 Å². The van der Waals surface area contributed by atoms with Gasteiger partial charge >= 0.3 is 0 Å². The summed E-state index contributed by atoms with van der Waals surface area (Å²) in [5.41, 5.74) is 3.43. The van der Waals surface area contributed by atoms with Gasteiger partial charge in [0, 0.05) is 17.3 Å². The van der Waals surface area contributed by atoms with Gasteiger partial charge in [-0.15, -0.1) is 0 Å². The lowest BCUT2D eigenvalue weighted by Gasteiger charge is -2.19. The average Bonchev–Trinajstić information content (AvgIpc) is 2.74. The molecule has 0 aliphatic heterocycles. The standard InChI is InChI=1S/C16H22FN3/c1-5-9-18-13(4)16-14(17)7-6-8-15(16)20-12(3)10-11(2)19-20/h6-8,10,13,18H,5,9H2,1-4H3. The normalized spacial score (nSPS) is 12.7. The van der Waals surface area contributed by atoms with Crippen LogP contribution in [-0.2, 0) is 0 Å². The Morgan fingerprint density at radius 2 is 2.10 bits per heavy atom. The van der Waals surface area contributed by atoms with Crippen molar-refractivity contribution in [3.63, 3.8) is 0 Å². The Kier molecular flexibility index (Phi) is 4.55. The Hall–Kier alpha value is -1.68. The number of aryl methyl sites for hydroxylation is 2. The minimum Gasteiger partial charge on any atom is -0.310 e. The fourth-order valence-electron chi connectivity index (χ4n) is 2.47. The number of halogens is 1. The maximum Gasteiger partial charge on any atom is 0.130 e. The second-order valence-corrected chi connectivity index (χ2v) is 5.19. The molecule has 20 heavy (non-hydrogen) atoms. The summed E-state index contributed by atoms with van der Waals surface area (Å²) in [4.78, 5) is 0. The maximum atomic E-state index is 14.3. The van der Waals surface area contributed by atoms with Crippen LogP contribution < -0.4 is 5.32 Å². The van der Waals surface area contributed by atoms with Gasteiger partial charge in [-0.3, -0.25) is 0 Å². The van der Waals surface area contributed by atoms with Crippen LogP contribution in [0.3, 0.4) is 0 Å². The van der Waals surface area contributed by atoms with Gasteiger partial charge in [-0.05, 0) is 51.9 Å². The molecule has 1 unspecified atom stereocenters. The van der Waals surface area contributed by atoms with Crippen LogP contribution in [0.1, 0.15) is 43.3 Å². The van der Waals surface area contributed by atoms with Crippen LogP contribution in [0, 0.1) is 19.7 Å². The Balaban J connectivity index is 2.48. The monoisotopic (exact) mass is 275 g/mol. The highest BCUT2D eigenvalue weighted by Gasteiger charge is 2.17. The summed E-state index contributed by atoms with van der Waals surface area (Å²) in [5.74, 6) is -0.189. The molecule has 0 amide bonds. The maximum absolute atomic E-state index is 14.3. The molecule has 0 spiro atoms. The van der Waals surface area contributed by atoms with Crippen molar-refractivity contribution in [3.05, 3.63) is 47.0 Å². The summed E-state index contributed by atoms with van der Waals surface area (Å²) in [6.07, 6.45) is 1.02. The average molecular weight is 275 g/mol. The first kappa shape index (κ1) is 14.7. The number of nitrogens with zero attached hydrogens (tertiary/aromatic N) is 2. The smallest absolute Gasteiger partial charge is 0.130 e. The number of hydrogen-bond donors (Lipinski definition) is 1. The molecule has 0 aliphatic rings. The van der Waals surface area contributed by atoms with E-state index in [0.29, 0.717) is 5.56 Å². The Bertz CT molecular complexity index is 589. The number of hydrogen-bond acceptors (Lipinski definition) is 2. The Morgan fingerprint density at radius 3 is 2.70 bits per heavy atom. The highest BCUT2D eigenvalue weighted by Crippen LogP contribution is 2.25. The largest absolute Gasteiger partial charge is 0.310 e. The van der Waals surface area contributed by atoms with Gasteiger partial charge in [0.25, 0.3) is 0 Å². The zero-order chi connectivity index (χ0) is 14.7. The Morgan fingerprint density at radius 1 is 1.35 bits per heavy atom. The third-order valence-electron chi connectivity index (χ3n) is 3.40. The van der Waals surface area contributed by atoms with Crippen LogP contribution in [0.15, 0.2) is 24.3 Å². The zero-order valence-electron chi connectivity index (χ0n) is 12.6. The molecule has 4 heteroatoms. The highest BCUT2D eigenvalue weighted by molar-refractivity contribution is 5.44. The van der Waals surface area contributed by atoms with Gasteiger partial charge in [0.1, 0.15) is 5.82 Å². The van der Waals surface area contributed by atoms with Crippen molar-refractivity contribution in [2.24, 2.45) is 0 Å². The predicted molar refractivity (Wildman–Crippen MR) is 79.7 cm³/mol. The predicted octanol–water partition coefficient (Wildman–Crippen LogP) is 3.69. The first-order valence-electron chi connectivity index (χ1n) is 7.10. The number of nitrogens with one attached hydrogen (secondary N) is 1. The molecule has 0 saturated carbocycles. The van der Waals surface area contributed by atoms with Crippen LogP contribution in [-0.4, -0.2) is 16.3 Å². The molecule has 1 N–H and O–H groups in total. The van der Waals surface area contributed by atoms with E-state index in [0.717, 1.165) is 30.0 Å². The second kappa shape index (κ2) is 6.18. The molecule has 0 radical (unpaired) electrons. The Labute approximate surface area is 119 Å². The first-order valence-corrected chi connectivity index (χ1v) is 7.10. The summed E-state index contributed by atoms with van der Waals surface area (Å²) in [5, 5.41) is 7.81. The zero-order valence-corrected chi connectivity index (χ0v) is 12.6. The number of aromatic nitrogens is 2. The molecule has 1 atom stereocenters. The fraction of sp³-hybridized carbons (Fsp3) is 0.438. The van der Waals surface area contributed by atoms with Gasteiger partial charge in [-0.25, -0.2) is 9.07 Å². The van der Waals surface area contributed by atoms with Crippen molar-refractivity contribution in [1.82, 2.24) is 15.1 Å². The van der Waals surface area contributed by atoms with E-state index in [2.05, 4.69) is 17.3 Å². The molecular weight excluding hydrogens is 253 g/mol. The molecule has 3 nitrogen and oxygen atoms in total. The molecule has 108 valence electrons. The van der Waals surface area contributed by atoms with E-state index in [9.17, 15) is 4.39 Å². The molecule has 2 aromatic rings. The van der Waals surface area contributed by atoms with Crippen molar-refractivity contribution in [2.45, 2.75) is 40.2 Å². The molecular formula is C16H22FN3. The third-order valence-corrected chi connectivity index (χ3v) is 3.40. The summed E-state index contributed by atoms with van der Waals surface area (Å²) in [6.45, 7) is 8.89. The molecule has 1 heterocycles. The summed E-state index contributed by atoms with van der Waals surface area (Å²) >= 11 is 0. The van der Waals surface area contributed by atoms with Crippen molar-refractivity contribution in [1.29, 1.82) is 0 Å². The van der Waals surface area contributed by atoms with Gasteiger partial charge in [0.2, 0.25) is 0 Å². The van der Waals surface area contributed by atoms with E-state index >= 15 is 0 Å². The van der Waals surface area contributed by atoms with Gasteiger partial charge in [-0.1, -0.05) is 13.0 Å². The summed E-state index contributed by atoms with van der Waals surface area (Å²) in [7, 11) is 0. The molecule has 1 aromatic carbocycles. The summed E-state index contributed by atoms with van der Waals surface area (Å²) < 4.78 is 16.1. The van der Waals surface area contributed by atoms with E-state index in [1.807, 2.05) is 37.6 Å². The van der Waals surface area contributed by atoms with Gasteiger partial charge in [-0.2, -0.15) is 5.10 Å². The minimum atomic E-state index is -0.189. The molecule has 0 bridgehead atoms. The molecule has 2 rings (SSSR count). The van der Waals surface area contributed by atoms with E-state index in [1.54, 1.807) is 6.07 Å². The number of benzene rings is 1. The van der Waals surface area contributed by atoms with Crippen LogP contribution in [0.4, 0.5) is 4.39 Å². The lowest BCUT2D eigenvalue weighted by molar-refractivity contribution is 0.523.